The van der Waals surface area contributed by atoms with Gasteiger partial charge in [-0.05, 0) is 35.6 Å². The molecule has 4 aromatic rings. The van der Waals surface area contributed by atoms with Gasteiger partial charge >= 0.3 is 0 Å². The first-order valence-electron chi connectivity index (χ1n) is 9.63. The molecule has 5 nitrogen and oxygen atoms in total. The SMILES string of the molecule is CSc1cccc(NC(=O)CCc2nc(-c3ccc(-c4ccccc4)cc3)no2)c1. The molecule has 30 heavy (non-hydrogen) atoms. The van der Waals surface area contributed by atoms with Crippen LogP contribution in [0.3, 0.4) is 0 Å². The fourth-order valence-electron chi connectivity index (χ4n) is 3.06. The molecule has 3 aromatic carbocycles. The fourth-order valence-corrected chi connectivity index (χ4v) is 3.52. The Morgan fingerprint density at radius 1 is 0.933 bits per heavy atom. The van der Waals surface area contributed by atoms with Crippen LogP contribution in [0.25, 0.3) is 22.5 Å². The molecule has 4 rings (SSSR count). The minimum Gasteiger partial charge on any atom is -0.339 e. The third-order valence-corrected chi connectivity index (χ3v) is 5.36. The van der Waals surface area contributed by atoms with E-state index < -0.39 is 0 Å². The number of hydrogen-bond donors (Lipinski definition) is 1. The number of hydrogen-bond acceptors (Lipinski definition) is 5. The predicted molar refractivity (Wildman–Crippen MR) is 120 cm³/mol. The largest absolute Gasteiger partial charge is 0.339 e. The molecule has 0 radical (unpaired) electrons. The molecule has 1 N–H and O–H groups in total. The number of anilines is 1. The highest BCUT2D eigenvalue weighted by molar-refractivity contribution is 7.98. The van der Waals surface area contributed by atoms with E-state index >= 15 is 0 Å². The molecule has 1 amide bonds. The average Bonchev–Trinajstić information content (AvgIpc) is 3.28. The van der Waals surface area contributed by atoms with E-state index in [0.29, 0.717) is 18.1 Å². The van der Waals surface area contributed by atoms with E-state index in [-0.39, 0.29) is 12.3 Å². The molecule has 0 aliphatic rings. The lowest BCUT2D eigenvalue weighted by Crippen LogP contribution is -2.12. The van der Waals surface area contributed by atoms with Crippen LogP contribution in [0, 0.1) is 0 Å². The molecule has 1 heterocycles. The van der Waals surface area contributed by atoms with Crippen molar-refractivity contribution in [3.05, 3.63) is 84.8 Å². The standard InChI is InChI=1S/C24H21N3O2S/c1-30-21-9-5-8-20(16-21)25-22(28)14-15-23-26-24(27-29-23)19-12-10-18(11-13-19)17-6-3-2-4-7-17/h2-13,16H,14-15H2,1H3,(H,25,28). The van der Waals surface area contributed by atoms with Gasteiger partial charge in [0.1, 0.15) is 0 Å². The van der Waals surface area contributed by atoms with Crippen LogP contribution in [0.1, 0.15) is 12.3 Å². The normalized spacial score (nSPS) is 10.7. The number of aromatic nitrogens is 2. The van der Waals surface area contributed by atoms with Crippen molar-refractivity contribution in [2.24, 2.45) is 0 Å². The lowest BCUT2D eigenvalue weighted by molar-refractivity contribution is -0.116. The van der Waals surface area contributed by atoms with E-state index in [9.17, 15) is 4.79 Å². The van der Waals surface area contributed by atoms with Gasteiger partial charge in [0.05, 0.1) is 0 Å². The predicted octanol–water partition coefficient (Wildman–Crippen LogP) is 5.70. The first kappa shape index (κ1) is 19.9. The number of amides is 1. The second-order valence-corrected chi connectivity index (χ2v) is 7.61. The second-order valence-electron chi connectivity index (χ2n) is 6.74. The van der Waals surface area contributed by atoms with Gasteiger partial charge in [0.15, 0.2) is 0 Å². The Kier molecular flexibility index (Phi) is 6.25. The van der Waals surface area contributed by atoms with E-state index in [2.05, 4.69) is 27.6 Å². The van der Waals surface area contributed by atoms with Crippen molar-refractivity contribution in [1.82, 2.24) is 10.1 Å². The Balaban J connectivity index is 1.35. The summed E-state index contributed by atoms with van der Waals surface area (Å²) in [4.78, 5) is 17.8. The van der Waals surface area contributed by atoms with Crippen LogP contribution in [-0.4, -0.2) is 22.3 Å². The summed E-state index contributed by atoms with van der Waals surface area (Å²) in [6.07, 6.45) is 2.67. The summed E-state index contributed by atoms with van der Waals surface area (Å²) in [6, 6.07) is 26.0. The Morgan fingerprint density at radius 2 is 1.67 bits per heavy atom. The maximum Gasteiger partial charge on any atom is 0.227 e. The molecular weight excluding hydrogens is 394 g/mol. The minimum absolute atomic E-state index is 0.0831. The van der Waals surface area contributed by atoms with Crippen molar-refractivity contribution < 1.29 is 9.32 Å². The van der Waals surface area contributed by atoms with Crippen LogP contribution in [0.4, 0.5) is 5.69 Å². The maximum atomic E-state index is 12.2. The van der Waals surface area contributed by atoms with Crippen molar-refractivity contribution in [2.75, 3.05) is 11.6 Å². The summed E-state index contributed by atoms with van der Waals surface area (Å²) in [5, 5.41) is 6.96. The lowest BCUT2D eigenvalue weighted by atomic mass is 10.0. The molecule has 0 spiro atoms. The Hall–Kier alpha value is -3.38. The zero-order valence-electron chi connectivity index (χ0n) is 16.5. The summed E-state index contributed by atoms with van der Waals surface area (Å²) in [7, 11) is 0. The topological polar surface area (TPSA) is 68.0 Å². The highest BCUT2D eigenvalue weighted by atomic mass is 32.2. The van der Waals surface area contributed by atoms with E-state index in [0.717, 1.165) is 27.3 Å². The number of benzene rings is 3. The molecule has 0 atom stereocenters. The summed E-state index contributed by atoms with van der Waals surface area (Å²) in [5.74, 6) is 0.892. The summed E-state index contributed by atoms with van der Waals surface area (Å²) in [5.41, 5.74) is 3.96. The van der Waals surface area contributed by atoms with Crippen LogP contribution in [-0.2, 0) is 11.2 Å². The third-order valence-electron chi connectivity index (χ3n) is 4.64. The van der Waals surface area contributed by atoms with Gasteiger partial charge in [-0.25, -0.2) is 0 Å². The molecule has 0 saturated heterocycles. The van der Waals surface area contributed by atoms with Gasteiger partial charge in [-0.15, -0.1) is 11.8 Å². The second kappa shape index (κ2) is 9.41. The van der Waals surface area contributed by atoms with Gasteiger partial charge in [-0.2, -0.15) is 4.98 Å². The maximum absolute atomic E-state index is 12.2. The smallest absolute Gasteiger partial charge is 0.227 e. The monoisotopic (exact) mass is 415 g/mol. The average molecular weight is 416 g/mol. The number of nitrogens with one attached hydrogen (secondary N) is 1. The Bertz CT molecular complexity index is 1120. The van der Waals surface area contributed by atoms with Crippen LogP contribution in [0.5, 0.6) is 0 Å². The van der Waals surface area contributed by atoms with Crippen molar-refractivity contribution in [3.8, 4) is 22.5 Å². The molecule has 0 aliphatic heterocycles. The molecule has 150 valence electrons. The number of aryl methyl sites for hydroxylation is 1. The van der Waals surface area contributed by atoms with E-state index in [4.69, 9.17) is 4.52 Å². The van der Waals surface area contributed by atoms with Crippen LogP contribution in [0.15, 0.2) is 88.3 Å². The molecule has 6 heteroatoms. The summed E-state index contributed by atoms with van der Waals surface area (Å²) >= 11 is 1.64. The summed E-state index contributed by atoms with van der Waals surface area (Å²) in [6.45, 7) is 0. The molecule has 0 aliphatic carbocycles. The summed E-state index contributed by atoms with van der Waals surface area (Å²) < 4.78 is 5.33. The Labute approximate surface area is 179 Å². The third kappa shape index (κ3) is 4.96. The van der Waals surface area contributed by atoms with Gasteiger partial charge < -0.3 is 9.84 Å². The fraction of sp³-hybridized carbons (Fsp3) is 0.125. The van der Waals surface area contributed by atoms with Gasteiger partial charge in [-0.3, -0.25) is 4.79 Å². The highest BCUT2D eigenvalue weighted by Crippen LogP contribution is 2.23. The van der Waals surface area contributed by atoms with Crippen molar-refractivity contribution >= 4 is 23.4 Å². The van der Waals surface area contributed by atoms with Gasteiger partial charge in [-0.1, -0.05) is 65.8 Å². The molecule has 0 unspecified atom stereocenters. The lowest BCUT2D eigenvalue weighted by Gasteiger charge is -2.05. The van der Waals surface area contributed by atoms with Crippen molar-refractivity contribution in [3.63, 3.8) is 0 Å². The van der Waals surface area contributed by atoms with Gasteiger partial charge in [0, 0.05) is 29.0 Å². The molecule has 0 bridgehead atoms. The molecular formula is C24H21N3O2S. The number of rotatable bonds is 7. The zero-order valence-corrected chi connectivity index (χ0v) is 17.4. The van der Waals surface area contributed by atoms with Gasteiger partial charge in [0.25, 0.3) is 0 Å². The minimum atomic E-state index is -0.0831. The molecule has 1 aromatic heterocycles. The first-order valence-corrected chi connectivity index (χ1v) is 10.9. The zero-order chi connectivity index (χ0) is 20.8. The van der Waals surface area contributed by atoms with Crippen LogP contribution in [0.2, 0.25) is 0 Å². The number of nitrogens with zero attached hydrogens (tertiary/aromatic N) is 2. The van der Waals surface area contributed by atoms with Crippen LogP contribution < -0.4 is 5.32 Å². The first-order chi connectivity index (χ1) is 14.7. The number of carbonyl (C=O) groups excluding carboxylic acids is 1. The van der Waals surface area contributed by atoms with Crippen molar-refractivity contribution in [2.45, 2.75) is 17.7 Å². The highest BCUT2D eigenvalue weighted by Gasteiger charge is 2.11. The van der Waals surface area contributed by atoms with E-state index in [1.165, 1.54) is 0 Å². The van der Waals surface area contributed by atoms with E-state index in [1.807, 2.05) is 73.0 Å². The number of carbonyl (C=O) groups is 1. The van der Waals surface area contributed by atoms with Crippen LogP contribution >= 0.6 is 11.8 Å². The van der Waals surface area contributed by atoms with Crippen molar-refractivity contribution in [1.29, 1.82) is 0 Å². The number of thioether (sulfide) groups is 1. The molecule has 0 fully saturated rings. The molecule has 0 saturated carbocycles. The quantitative estimate of drug-likeness (QED) is 0.392. The van der Waals surface area contributed by atoms with Gasteiger partial charge in [0.2, 0.25) is 17.6 Å². The van der Waals surface area contributed by atoms with E-state index in [1.54, 1.807) is 11.8 Å². The Morgan fingerprint density at radius 3 is 2.43 bits per heavy atom.